The van der Waals surface area contributed by atoms with E-state index in [0.717, 1.165) is 6.42 Å². The topological polar surface area (TPSA) is 61.4 Å². The first-order valence-electron chi connectivity index (χ1n) is 7.21. The zero-order chi connectivity index (χ0) is 14.8. The van der Waals surface area contributed by atoms with Gasteiger partial charge < -0.3 is 10.2 Å². The lowest BCUT2D eigenvalue weighted by Crippen LogP contribution is -2.47. The summed E-state index contributed by atoms with van der Waals surface area (Å²) < 4.78 is 0. The third-order valence-corrected chi connectivity index (χ3v) is 3.06. The molecule has 0 saturated carbocycles. The minimum absolute atomic E-state index is 0.0416. The molecule has 5 nitrogen and oxygen atoms in total. The highest BCUT2D eigenvalue weighted by Gasteiger charge is 2.18. The molecule has 0 heterocycles. The van der Waals surface area contributed by atoms with Gasteiger partial charge in [-0.1, -0.05) is 13.8 Å². The SMILES string of the molecule is CCN(CC)C(=O)C(C)NCC(=O)NCCC(C)C. The molecule has 5 heteroatoms. The van der Waals surface area contributed by atoms with Gasteiger partial charge in [-0.25, -0.2) is 0 Å². The van der Waals surface area contributed by atoms with Gasteiger partial charge in [0, 0.05) is 19.6 Å². The second-order valence-corrected chi connectivity index (χ2v) is 5.15. The van der Waals surface area contributed by atoms with E-state index in [0.29, 0.717) is 25.6 Å². The summed E-state index contributed by atoms with van der Waals surface area (Å²) in [5, 5.41) is 5.81. The van der Waals surface area contributed by atoms with E-state index in [9.17, 15) is 9.59 Å². The molecular weight excluding hydrogens is 242 g/mol. The summed E-state index contributed by atoms with van der Waals surface area (Å²) in [6.07, 6.45) is 0.972. The average molecular weight is 271 g/mol. The highest BCUT2D eigenvalue weighted by atomic mass is 16.2. The number of amides is 2. The Morgan fingerprint density at radius 1 is 1.11 bits per heavy atom. The Labute approximate surface area is 117 Å². The zero-order valence-electron chi connectivity index (χ0n) is 13.0. The molecular formula is C14H29N3O2. The summed E-state index contributed by atoms with van der Waals surface area (Å²) >= 11 is 0. The summed E-state index contributed by atoms with van der Waals surface area (Å²) in [7, 11) is 0. The predicted molar refractivity (Wildman–Crippen MR) is 77.9 cm³/mol. The Balaban J connectivity index is 3.91. The van der Waals surface area contributed by atoms with Crippen LogP contribution in [0.4, 0.5) is 0 Å². The van der Waals surface area contributed by atoms with Crippen molar-refractivity contribution in [2.75, 3.05) is 26.2 Å². The molecule has 0 bridgehead atoms. The maximum atomic E-state index is 12.0. The highest BCUT2D eigenvalue weighted by molar-refractivity contribution is 5.83. The van der Waals surface area contributed by atoms with Crippen LogP contribution in [0.2, 0.25) is 0 Å². The van der Waals surface area contributed by atoms with Crippen LogP contribution in [0.15, 0.2) is 0 Å². The van der Waals surface area contributed by atoms with Gasteiger partial charge in [-0.3, -0.25) is 14.9 Å². The van der Waals surface area contributed by atoms with Crippen LogP contribution in [-0.2, 0) is 9.59 Å². The Hall–Kier alpha value is -1.10. The Morgan fingerprint density at radius 3 is 2.16 bits per heavy atom. The van der Waals surface area contributed by atoms with Crippen LogP contribution in [0.5, 0.6) is 0 Å². The van der Waals surface area contributed by atoms with Crippen molar-refractivity contribution in [3.8, 4) is 0 Å². The maximum Gasteiger partial charge on any atom is 0.239 e. The van der Waals surface area contributed by atoms with Crippen molar-refractivity contribution in [2.24, 2.45) is 5.92 Å². The average Bonchev–Trinajstić information content (AvgIpc) is 2.36. The van der Waals surface area contributed by atoms with E-state index in [4.69, 9.17) is 0 Å². The number of nitrogens with one attached hydrogen (secondary N) is 2. The van der Waals surface area contributed by atoms with Crippen LogP contribution >= 0.6 is 0 Å². The molecule has 0 aliphatic heterocycles. The standard InChI is InChI=1S/C14H29N3O2/c1-6-17(7-2)14(19)12(5)16-10-13(18)15-9-8-11(3)4/h11-12,16H,6-10H2,1-5H3,(H,15,18). The molecule has 2 N–H and O–H groups in total. The fourth-order valence-electron chi connectivity index (χ4n) is 1.71. The molecule has 0 radical (unpaired) electrons. The van der Waals surface area contributed by atoms with Gasteiger partial charge in [0.05, 0.1) is 12.6 Å². The van der Waals surface area contributed by atoms with Crippen LogP contribution < -0.4 is 10.6 Å². The lowest BCUT2D eigenvalue weighted by Gasteiger charge is -2.23. The lowest BCUT2D eigenvalue weighted by molar-refractivity contribution is -0.132. The Morgan fingerprint density at radius 2 is 1.68 bits per heavy atom. The van der Waals surface area contributed by atoms with Gasteiger partial charge in [-0.05, 0) is 33.1 Å². The summed E-state index contributed by atoms with van der Waals surface area (Å²) in [4.78, 5) is 25.3. The minimum Gasteiger partial charge on any atom is -0.355 e. The Kier molecular flexibility index (Phi) is 9.21. The third-order valence-electron chi connectivity index (χ3n) is 3.06. The number of nitrogens with zero attached hydrogens (tertiary/aromatic N) is 1. The van der Waals surface area contributed by atoms with Crippen LogP contribution in [0, 0.1) is 5.92 Å². The molecule has 1 atom stereocenters. The van der Waals surface area contributed by atoms with Crippen LogP contribution in [0.25, 0.3) is 0 Å². The van der Waals surface area contributed by atoms with E-state index in [1.54, 1.807) is 11.8 Å². The van der Waals surface area contributed by atoms with Gasteiger partial charge >= 0.3 is 0 Å². The smallest absolute Gasteiger partial charge is 0.239 e. The number of carbonyl (C=O) groups excluding carboxylic acids is 2. The van der Waals surface area contributed by atoms with E-state index in [1.165, 1.54) is 0 Å². The first-order valence-corrected chi connectivity index (χ1v) is 7.21. The molecule has 0 fully saturated rings. The highest BCUT2D eigenvalue weighted by Crippen LogP contribution is 1.96. The number of hydrogen-bond donors (Lipinski definition) is 2. The summed E-state index contributed by atoms with van der Waals surface area (Å²) in [6.45, 7) is 12.2. The van der Waals surface area contributed by atoms with E-state index in [1.807, 2.05) is 13.8 Å². The molecule has 0 aromatic rings. The van der Waals surface area contributed by atoms with Crippen molar-refractivity contribution in [3.05, 3.63) is 0 Å². The van der Waals surface area contributed by atoms with Crippen LogP contribution in [-0.4, -0.2) is 48.9 Å². The molecule has 0 aromatic heterocycles. The number of rotatable bonds is 9. The second kappa shape index (κ2) is 9.78. The van der Waals surface area contributed by atoms with Gasteiger partial charge in [0.15, 0.2) is 0 Å². The van der Waals surface area contributed by atoms with E-state index in [2.05, 4.69) is 24.5 Å². The van der Waals surface area contributed by atoms with Crippen molar-refractivity contribution in [1.82, 2.24) is 15.5 Å². The Bertz CT molecular complexity index is 276. The molecule has 19 heavy (non-hydrogen) atoms. The molecule has 0 aliphatic rings. The van der Waals surface area contributed by atoms with Crippen molar-refractivity contribution in [3.63, 3.8) is 0 Å². The van der Waals surface area contributed by atoms with Crippen LogP contribution in [0.1, 0.15) is 41.0 Å². The molecule has 112 valence electrons. The molecule has 0 rings (SSSR count). The zero-order valence-corrected chi connectivity index (χ0v) is 13.0. The third kappa shape index (κ3) is 7.82. The number of likely N-dealkylation sites (N-methyl/N-ethyl adjacent to an activating group) is 1. The van der Waals surface area contributed by atoms with E-state index < -0.39 is 0 Å². The largest absolute Gasteiger partial charge is 0.355 e. The van der Waals surface area contributed by atoms with Gasteiger partial charge in [0.25, 0.3) is 0 Å². The second-order valence-electron chi connectivity index (χ2n) is 5.15. The van der Waals surface area contributed by atoms with Gasteiger partial charge in [-0.15, -0.1) is 0 Å². The van der Waals surface area contributed by atoms with E-state index >= 15 is 0 Å². The van der Waals surface area contributed by atoms with Crippen molar-refractivity contribution < 1.29 is 9.59 Å². The monoisotopic (exact) mass is 271 g/mol. The summed E-state index contributed by atoms with van der Waals surface area (Å²) in [5.41, 5.74) is 0. The van der Waals surface area contributed by atoms with E-state index in [-0.39, 0.29) is 24.4 Å². The first kappa shape index (κ1) is 17.9. The van der Waals surface area contributed by atoms with Crippen molar-refractivity contribution in [2.45, 2.75) is 47.1 Å². The predicted octanol–water partition coefficient (Wildman–Crippen LogP) is 0.995. The molecule has 0 spiro atoms. The van der Waals surface area contributed by atoms with Gasteiger partial charge in [-0.2, -0.15) is 0 Å². The maximum absolute atomic E-state index is 12.0. The number of carbonyl (C=O) groups is 2. The number of hydrogen-bond acceptors (Lipinski definition) is 3. The molecule has 1 unspecified atom stereocenters. The first-order chi connectivity index (χ1) is 8.92. The molecule has 0 saturated heterocycles. The fraction of sp³-hybridized carbons (Fsp3) is 0.857. The normalized spacial score (nSPS) is 12.3. The molecule has 0 aromatic carbocycles. The van der Waals surface area contributed by atoms with Gasteiger partial charge in [0.2, 0.25) is 11.8 Å². The quantitative estimate of drug-likeness (QED) is 0.657. The summed E-state index contributed by atoms with van der Waals surface area (Å²) in [6, 6.07) is -0.323. The fourth-order valence-corrected chi connectivity index (χ4v) is 1.71. The lowest BCUT2D eigenvalue weighted by atomic mass is 10.1. The van der Waals surface area contributed by atoms with Crippen LogP contribution in [0.3, 0.4) is 0 Å². The summed E-state index contributed by atoms with van der Waals surface area (Å²) in [5.74, 6) is 0.566. The van der Waals surface area contributed by atoms with Crippen molar-refractivity contribution >= 4 is 11.8 Å². The molecule has 0 aliphatic carbocycles. The van der Waals surface area contributed by atoms with Gasteiger partial charge in [0.1, 0.15) is 0 Å². The van der Waals surface area contributed by atoms with Crippen molar-refractivity contribution in [1.29, 1.82) is 0 Å². The minimum atomic E-state index is -0.323. The molecule has 2 amide bonds.